The van der Waals surface area contributed by atoms with Crippen LogP contribution < -0.4 is 0 Å². The number of carbonyl (C=O) groups excluding carboxylic acids is 1. The van der Waals surface area contributed by atoms with Gasteiger partial charge < -0.3 is 24.2 Å². The van der Waals surface area contributed by atoms with E-state index in [1.807, 2.05) is 17.0 Å². The Balaban J connectivity index is 0.000000360. The number of pyridine rings is 1. The Morgan fingerprint density at radius 2 is 1.88 bits per heavy atom. The molecule has 1 amide bonds. The van der Waals surface area contributed by atoms with Crippen LogP contribution in [0, 0.1) is 5.92 Å². The molecule has 1 N–H and O–H groups in total. The average molecular weight is 460 g/mol. The zero-order chi connectivity index (χ0) is 23.2. The molecule has 0 aromatic carbocycles. The number of amides is 1. The Morgan fingerprint density at radius 3 is 2.47 bits per heavy atom. The first-order valence-corrected chi connectivity index (χ1v) is 10.5. The highest BCUT2D eigenvalue weighted by atomic mass is 19.4. The standard InChI is InChI=1S/C19H26N2O4.C2HF3O2/c22-18(17-3-1-2-7-20-17)21-13-19(14-21)11-16(6-10-25-19)24-12-15-4-8-23-9-5-15;3-2(4,5)1(6)7/h1-3,7,15-16H,4-6,8-14H2;(H,6,7). The summed E-state index contributed by atoms with van der Waals surface area (Å²) in [6, 6.07) is 5.42. The topological polar surface area (TPSA) is 98.2 Å². The van der Waals surface area contributed by atoms with Crippen LogP contribution in [0.5, 0.6) is 0 Å². The number of carboxylic acids is 1. The van der Waals surface area contributed by atoms with E-state index in [4.69, 9.17) is 24.1 Å². The highest BCUT2D eigenvalue weighted by molar-refractivity contribution is 5.93. The molecule has 1 aromatic heterocycles. The SMILES string of the molecule is O=C(O)C(F)(F)F.O=C(c1ccccn1)N1CC2(CC(OCC3CCOCC3)CCO2)C1. The molecule has 32 heavy (non-hydrogen) atoms. The molecule has 0 aliphatic carbocycles. The van der Waals surface area contributed by atoms with Gasteiger partial charge in [-0.2, -0.15) is 13.2 Å². The number of rotatable bonds is 4. The van der Waals surface area contributed by atoms with Gasteiger partial charge in [-0.25, -0.2) is 4.79 Å². The smallest absolute Gasteiger partial charge is 0.475 e. The van der Waals surface area contributed by atoms with Crippen molar-refractivity contribution in [3.8, 4) is 0 Å². The van der Waals surface area contributed by atoms with Crippen molar-refractivity contribution in [3.63, 3.8) is 0 Å². The van der Waals surface area contributed by atoms with Gasteiger partial charge in [0.1, 0.15) is 11.3 Å². The summed E-state index contributed by atoms with van der Waals surface area (Å²) < 4.78 is 49.3. The summed E-state index contributed by atoms with van der Waals surface area (Å²) in [5, 5.41) is 7.12. The van der Waals surface area contributed by atoms with Gasteiger partial charge in [0.05, 0.1) is 19.2 Å². The maximum Gasteiger partial charge on any atom is 0.490 e. The largest absolute Gasteiger partial charge is 0.490 e. The molecule has 8 nitrogen and oxygen atoms in total. The number of likely N-dealkylation sites (tertiary alicyclic amines) is 1. The second kappa shape index (κ2) is 10.6. The molecule has 1 atom stereocenters. The fourth-order valence-electron chi connectivity index (χ4n) is 3.97. The molecular formula is C21H27F3N2O6. The first-order chi connectivity index (χ1) is 15.2. The maximum absolute atomic E-state index is 12.4. The number of carboxylic acid groups (broad SMARTS) is 1. The van der Waals surface area contributed by atoms with E-state index in [9.17, 15) is 18.0 Å². The average Bonchev–Trinajstić information content (AvgIpc) is 2.77. The molecule has 4 rings (SSSR count). The van der Waals surface area contributed by atoms with Crippen LogP contribution in [0.1, 0.15) is 36.2 Å². The number of hydrogen-bond donors (Lipinski definition) is 1. The fraction of sp³-hybridized carbons (Fsp3) is 0.667. The molecule has 1 aromatic rings. The lowest BCUT2D eigenvalue weighted by atomic mass is 9.84. The Bertz CT molecular complexity index is 765. The van der Waals surface area contributed by atoms with E-state index in [0.717, 1.165) is 45.5 Å². The van der Waals surface area contributed by atoms with Crippen molar-refractivity contribution >= 4 is 11.9 Å². The molecule has 0 radical (unpaired) electrons. The highest BCUT2D eigenvalue weighted by Crippen LogP contribution is 2.36. The quantitative estimate of drug-likeness (QED) is 0.737. The molecular weight excluding hydrogens is 433 g/mol. The molecule has 1 unspecified atom stereocenters. The molecule has 178 valence electrons. The minimum absolute atomic E-state index is 0.0138. The lowest BCUT2D eigenvalue weighted by Crippen LogP contribution is -2.67. The number of hydrogen-bond acceptors (Lipinski definition) is 6. The van der Waals surface area contributed by atoms with E-state index < -0.39 is 12.1 Å². The Kier molecular flexibility index (Phi) is 8.07. The number of aromatic nitrogens is 1. The van der Waals surface area contributed by atoms with Gasteiger partial charge in [0.25, 0.3) is 5.91 Å². The molecule has 0 bridgehead atoms. The Morgan fingerprint density at radius 1 is 1.19 bits per heavy atom. The molecule has 3 saturated heterocycles. The molecule has 3 aliphatic rings. The van der Waals surface area contributed by atoms with E-state index in [1.54, 1.807) is 12.3 Å². The summed E-state index contributed by atoms with van der Waals surface area (Å²) in [7, 11) is 0. The molecule has 3 aliphatic heterocycles. The van der Waals surface area contributed by atoms with Crippen LogP contribution in [0.3, 0.4) is 0 Å². The first kappa shape index (κ1) is 24.4. The van der Waals surface area contributed by atoms with E-state index in [1.165, 1.54) is 0 Å². The van der Waals surface area contributed by atoms with Gasteiger partial charge in [0.15, 0.2) is 0 Å². The molecule has 1 spiro atoms. The third kappa shape index (κ3) is 6.63. The van der Waals surface area contributed by atoms with Crippen molar-refractivity contribution in [1.29, 1.82) is 0 Å². The van der Waals surface area contributed by atoms with Crippen molar-refractivity contribution in [2.24, 2.45) is 5.92 Å². The second-order valence-corrected chi connectivity index (χ2v) is 8.21. The molecule has 11 heteroatoms. The van der Waals surface area contributed by atoms with E-state index >= 15 is 0 Å². The van der Waals surface area contributed by atoms with Gasteiger partial charge in [0, 0.05) is 39.0 Å². The summed E-state index contributed by atoms with van der Waals surface area (Å²) in [5.74, 6) is -2.15. The van der Waals surface area contributed by atoms with Crippen LogP contribution in [0.15, 0.2) is 24.4 Å². The van der Waals surface area contributed by atoms with Crippen molar-refractivity contribution in [2.75, 3.05) is 39.5 Å². The van der Waals surface area contributed by atoms with Gasteiger partial charge in [-0.05, 0) is 37.3 Å². The summed E-state index contributed by atoms with van der Waals surface area (Å²) in [6.45, 7) is 4.52. The van der Waals surface area contributed by atoms with Crippen LogP contribution in [-0.2, 0) is 19.0 Å². The summed E-state index contributed by atoms with van der Waals surface area (Å²) >= 11 is 0. The van der Waals surface area contributed by atoms with Crippen molar-refractivity contribution in [2.45, 2.75) is 43.6 Å². The third-order valence-electron chi connectivity index (χ3n) is 5.73. The van der Waals surface area contributed by atoms with Gasteiger partial charge >= 0.3 is 12.1 Å². The minimum atomic E-state index is -5.08. The number of ether oxygens (including phenoxy) is 3. The number of alkyl halides is 3. The zero-order valence-corrected chi connectivity index (χ0v) is 17.6. The fourth-order valence-corrected chi connectivity index (χ4v) is 3.97. The predicted molar refractivity (Wildman–Crippen MR) is 105 cm³/mol. The monoisotopic (exact) mass is 460 g/mol. The summed E-state index contributed by atoms with van der Waals surface area (Å²) in [6.07, 6.45) is 0.826. The Labute approximate surface area is 183 Å². The number of nitrogens with zero attached hydrogens (tertiary/aromatic N) is 2. The van der Waals surface area contributed by atoms with Crippen LogP contribution in [0.2, 0.25) is 0 Å². The van der Waals surface area contributed by atoms with Gasteiger partial charge in [-0.15, -0.1) is 0 Å². The number of carbonyl (C=O) groups is 2. The van der Waals surface area contributed by atoms with E-state index in [0.29, 0.717) is 31.3 Å². The lowest BCUT2D eigenvalue weighted by Gasteiger charge is -2.52. The van der Waals surface area contributed by atoms with Crippen molar-refractivity contribution in [3.05, 3.63) is 30.1 Å². The van der Waals surface area contributed by atoms with Crippen LogP contribution in [-0.4, -0.2) is 84.3 Å². The van der Waals surface area contributed by atoms with Crippen molar-refractivity contribution < 1.29 is 42.1 Å². The summed E-state index contributed by atoms with van der Waals surface area (Å²) in [4.78, 5) is 27.3. The zero-order valence-electron chi connectivity index (χ0n) is 17.6. The third-order valence-corrected chi connectivity index (χ3v) is 5.73. The van der Waals surface area contributed by atoms with Crippen LogP contribution in [0.4, 0.5) is 13.2 Å². The predicted octanol–water partition coefficient (Wildman–Crippen LogP) is 2.53. The molecule has 3 fully saturated rings. The summed E-state index contributed by atoms with van der Waals surface area (Å²) in [5.41, 5.74) is 0.281. The van der Waals surface area contributed by atoms with Gasteiger partial charge in [0.2, 0.25) is 0 Å². The van der Waals surface area contributed by atoms with Gasteiger partial charge in [-0.3, -0.25) is 9.78 Å². The van der Waals surface area contributed by atoms with Crippen LogP contribution in [0.25, 0.3) is 0 Å². The number of aliphatic carboxylic acids is 1. The Hall–Kier alpha value is -2.24. The second-order valence-electron chi connectivity index (χ2n) is 8.21. The van der Waals surface area contributed by atoms with Crippen LogP contribution >= 0.6 is 0 Å². The minimum Gasteiger partial charge on any atom is -0.475 e. The maximum atomic E-state index is 12.4. The van der Waals surface area contributed by atoms with E-state index in [2.05, 4.69) is 4.98 Å². The number of halogens is 3. The molecule has 0 saturated carbocycles. The lowest BCUT2D eigenvalue weighted by molar-refractivity contribution is -0.192. The normalized spacial score (nSPS) is 23.1. The van der Waals surface area contributed by atoms with Crippen molar-refractivity contribution in [1.82, 2.24) is 9.88 Å². The molecule has 4 heterocycles. The van der Waals surface area contributed by atoms with Gasteiger partial charge in [-0.1, -0.05) is 6.07 Å². The highest BCUT2D eigenvalue weighted by Gasteiger charge is 2.50. The van der Waals surface area contributed by atoms with E-state index in [-0.39, 0.29) is 17.6 Å². The first-order valence-electron chi connectivity index (χ1n) is 10.5.